The maximum atomic E-state index is 13.1. The molecule has 0 aliphatic carbocycles. The molecule has 0 spiro atoms. The van der Waals surface area contributed by atoms with Gasteiger partial charge in [0, 0.05) is 24.7 Å². The van der Waals surface area contributed by atoms with Crippen molar-refractivity contribution in [1.82, 2.24) is 4.90 Å². The van der Waals surface area contributed by atoms with Gasteiger partial charge in [-0.2, -0.15) is 0 Å². The highest BCUT2D eigenvalue weighted by Gasteiger charge is 2.30. The largest absolute Gasteiger partial charge is 0.341 e. The summed E-state index contributed by atoms with van der Waals surface area (Å²) in [5.74, 6) is -0.829. The number of hydrogen-bond acceptors (Lipinski definition) is 3. The lowest BCUT2D eigenvalue weighted by Crippen LogP contribution is -2.50. The molecule has 0 saturated carbocycles. The van der Waals surface area contributed by atoms with Crippen LogP contribution in [0.25, 0.3) is 0 Å². The molecule has 3 N–H and O–H groups in total. The minimum atomic E-state index is -0.525. The van der Waals surface area contributed by atoms with Gasteiger partial charge in [-0.05, 0) is 37.0 Å². The normalized spacial score (nSPS) is 17.0. The van der Waals surface area contributed by atoms with Gasteiger partial charge in [0.2, 0.25) is 11.8 Å². The molecule has 1 heterocycles. The zero-order valence-corrected chi connectivity index (χ0v) is 14.6. The molecule has 7 heteroatoms. The fraction of sp³-hybridized carbons (Fsp3) is 0.529. The molecule has 5 nitrogen and oxygen atoms in total. The van der Waals surface area contributed by atoms with Crippen LogP contribution in [-0.2, 0) is 9.59 Å². The average Bonchev–Trinajstić information content (AvgIpc) is 2.56. The molecule has 1 fully saturated rings. The van der Waals surface area contributed by atoms with Crippen LogP contribution in [0, 0.1) is 17.7 Å². The maximum Gasteiger partial charge on any atom is 0.239 e. The van der Waals surface area contributed by atoms with E-state index in [9.17, 15) is 14.0 Å². The number of rotatable bonds is 4. The van der Waals surface area contributed by atoms with Crippen molar-refractivity contribution in [3.63, 3.8) is 0 Å². The van der Waals surface area contributed by atoms with Crippen LogP contribution in [0.5, 0.6) is 0 Å². The number of nitrogens with zero attached hydrogens (tertiary/aromatic N) is 1. The van der Waals surface area contributed by atoms with Crippen LogP contribution in [0.1, 0.15) is 26.7 Å². The van der Waals surface area contributed by atoms with Gasteiger partial charge in [0.15, 0.2) is 0 Å². The van der Waals surface area contributed by atoms with Crippen LogP contribution in [-0.4, -0.2) is 35.8 Å². The standard InChI is InChI=1S/C17H23ClFN3O2/c1-10(2)15(20)17(24)22-7-5-11(6-8-22)16(23)21-12-3-4-14(19)13(18)9-12/h3-4,9-11,15H,5-8,20H2,1-2H3,(H,21,23)/t15-/m0/s1. The highest BCUT2D eigenvalue weighted by molar-refractivity contribution is 6.31. The second-order valence-corrected chi connectivity index (χ2v) is 6.89. The molecule has 1 saturated heterocycles. The summed E-state index contributed by atoms with van der Waals surface area (Å²) in [6.45, 7) is 4.86. The summed E-state index contributed by atoms with van der Waals surface area (Å²) in [7, 11) is 0. The van der Waals surface area contributed by atoms with Gasteiger partial charge in [-0.3, -0.25) is 9.59 Å². The fourth-order valence-electron chi connectivity index (χ4n) is 2.68. The molecule has 1 aliphatic heterocycles. The smallest absolute Gasteiger partial charge is 0.239 e. The number of anilines is 1. The summed E-state index contributed by atoms with van der Waals surface area (Å²) in [4.78, 5) is 26.3. The monoisotopic (exact) mass is 355 g/mol. The van der Waals surface area contributed by atoms with E-state index in [4.69, 9.17) is 17.3 Å². The fourth-order valence-corrected chi connectivity index (χ4v) is 2.86. The lowest BCUT2D eigenvalue weighted by molar-refractivity contribution is -0.136. The summed E-state index contributed by atoms with van der Waals surface area (Å²) in [5, 5.41) is 2.71. The first-order valence-electron chi connectivity index (χ1n) is 8.10. The summed E-state index contributed by atoms with van der Waals surface area (Å²) < 4.78 is 13.1. The van der Waals surface area contributed by atoms with Crippen LogP contribution in [0.4, 0.5) is 10.1 Å². The van der Waals surface area contributed by atoms with E-state index in [1.54, 1.807) is 4.90 Å². The SMILES string of the molecule is CC(C)[C@H](N)C(=O)N1CCC(C(=O)Nc2ccc(F)c(Cl)c2)CC1. The van der Waals surface area contributed by atoms with Gasteiger partial charge in [-0.15, -0.1) is 0 Å². The highest BCUT2D eigenvalue weighted by Crippen LogP contribution is 2.23. The van der Waals surface area contributed by atoms with E-state index in [-0.39, 0.29) is 28.7 Å². The van der Waals surface area contributed by atoms with E-state index in [1.807, 2.05) is 13.8 Å². The molecule has 2 rings (SSSR count). The first-order chi connectivity index (χ1) is 11.3. The Morgan fingerprint density at radius 2 is 1.96 bits per heavy atom. The van der Waals surface area contributed by atoms with Gasteiger partial charge in [0.05, 0.1) is 11.1 Å². The predicted molar refractivity (Wildman–Crippen MR) is 92.2 cm³/mol. The predicted octanol–water partition coefficient (Wildman–Crippen LogP) is 2.64. The zero-order valence-electron chi connectivity index (χ0n) is 13.9. The third-order valence-electron chi connectivity index (χ3n) is 4.37. The van der Waals surface area contributed by atoms with E-state index >= 15 is 0 Å². The number of halogens is 2. The summed E-state index contributed by atoms with van der Waals surface area (Å²) >= 11 is 5.71. The summed E-state index contributed by atoms with van der Waals surface area (Å²) in [5.41, 5.74) is 6.36. The number of nitrogens with one attached hydrogen (secondary N) is 1. The molecule has 0 radical (unpaired) electrons. The van der Waals surface area contributed by atoms with Crippen LogP contribution in [0.15, 0.2) is 18.2 Å². The first kappa shape index (κ1) is 18.7. The minimum absolute atomic E-state index is 0.0316. The van der Waals surface area contributed by atoms with Crippen molar-refractivity contribution in [2.24, 2.45) is 17.6 Å². The first-order valence-corrected chi connectivity index (χ1v) is 8.47. The van der Waals surface area contributed by atoms with Crippen molar-refractivity contribution in [3.8, 4) is 0 Å². The van der Waals surface area contributed by atoms with Gasteiger partial charge in [0.25, 0.3) is 0 Å². The Kier molecular flexibility index (Phi) is 6.18. The molecule has 0 bridgehead atoms. The van der Waals surface area contributed by atoms with Gasteiger partial charge in [0.1, 0.15) is 5.82 Å². The number of carbonyl (C=O) groups is 2. The lowest BCUT2D eigenvalue weighted by Gasteiger charge is -2.33. The van der Waals surface area contributed by atoms with Crippen LogP contribution >= 0.6 is 11.6 Å². The van der Waals surface area contributed by atoms with E-state index < -0.39 is 11.9 Å². The Labute approximate surface area is 146 Å². The van der Waals surface area contributed by atoms with Crippen LogP contribution in [0.3, 0.4) is 0 Å². The molecule has 1 atom stereocenters. The molecule has 2 amide bonds. The Bertz CT molecular complexity index is 616. The quantitative estimate of drug-likeness (QED) is 0.871. The molecule has 1 aromatic rings. The highest BCUT2D eigenvalue weighted by atomic mass is 35.5. The maximum absolute atomic E-state index is 13.1. The van der Waals surface area contributed by atoms with Gasteiger partial charge >= 0.3 is 0 Å². The minimum Gasteiger partial charge on any atom is -0.341 e. The molecule has 132 valence electrons. The second-order valence-electron chi connectivity index (χ2n) is 6.49. The Morgan fingerprint density at radius 3 is 2.50 bits per heavy atom. The van der Waals surface area contributed by atoms with Gasteiger partial charge in [-0.1, -0.05) is 25.4 Å². The molecule has 0 aromatic heterocycles. The summed E-state index contributed by atoms with van der Waals surface area (Å²) in [6, 6.07) is 3.57. The van der Waals surface area contributed by atoms with Gasteiger partial charge < -0.3 is 16.0 Å². The Balaban J connectivity index is 1.88. The number of hydrogen-bond donors (Lipinski definition) is 2. The number of amides is 2. The molecular weight excluding hydrogens is 333 g/mol. The molecule has 0 unspecified atom stereocenters. The summed E-state index contributed by atoms with van der Waals surface area (Å²) in [6.07, 6.45) is 1.16. The van der Waals surface area contributed by atoms with E-state index in [1.165, 1.54) is 18.2 Å². The molecule has 1 aliphatic rings. The number of benzene rings is 1. The van der Waals surface area contributed by atoms with E-state index in [0.717, 1.165) is 0 Å². The van der Waals surface area contributed by atoms with Crippen molar-refractivity contribution < 1.29 is 14.0 Å². The average molecular weight is 356 g/mol. The lowest BCUT2D eigenvalue weighted by atomic mass is 9.94. The number of carbonyl (C=O) groups excluding carboxylic acids is 2. The van der Waals surface area contributed by atoms with Crippen molar-refractivity contribution in [1.29, 1.82) is 0 Å². The van der Waals surface area contributed by atoms with Crippen LogP contribution in [0.2, 0.25) is 5.02 Å². The van der Waals surface area contributed by atoms with Crippen molar-refractivity contribution in [2.45, 2.75) is 32.7 Å². The number of piperidine rings is 1. The number of nitrogens with two attached hydrogens (primary N) is 1. The second kappa shape index (κ2) is 7.94. The third-order valence-corrected chi connectivity index (χ3v) is 4.66. The van der Waals surface area contributed by atoms with E-state index in [2.05, 4.69) is 5.32 Å². The Hall–Kier alpha value is -1.66. The van der Waals surface area contributed by atoms with E-state index in [0.29, 0.717) is 31.6 Å². The molecule has 24 heavy (non-hydrogen) atoms. The Morgan fingerprint density at radius 1 is 1.33 bits per heavy atom. The zero-order chi connectivity index (χ0) is 17.9. The van der Waals surface area contributed by atoms with Crippen molar-refractivity contribution >= 4 is 29.1 Å². The van der Waals surface area contributed by atoms with Crippen molar-refractivity contribution in [2.75, 3.05) is 18.4 Å². The number of likely N-dealkylation sites (tertiary alicyclic amines) is 1. The third kappa shape index (κ3) is 4.45. The van der Waals surface area contributed by atoms with Crippen molar-refractivity contribution in [3.05, 3.63) is 29.0 Å². The topological polar surface area (TPSA) is 75.4 Å². The van der Waals surface area contributed by atoms with Gasteiger partial charge in [-0.25, -0.2) is 4.39 Å². The molecular formula is C17H23ClFN3O2. The van der Waals surface area contributed by atoms with Crippen LogP contribution < -0.4 is 11.1 Å². The molecule has 1 aromatic carbocycles.